The number of ether oxygens (including phenoxy) is 1. The van der Waals surface area contributed by atoms with E-state index in [1.807, 2.05) is 6.92 Å². The van der Waals surface area contributed by atoms with Crippen molar-refractivity contribution < 1.29 is 18.7 Å². The Morgan fingerprint density at radius 3 is 2.50 bits per heavy atom. The van der Waals surface area contributed by atoms with Crippen LogP contribution in [-0.4, -0.2) is 18.3 Å². The molecule has 2 aromatic carbocycles. The van der Waals surface area contributed by atoms with Crippen molar-refractivity contribution in [3.63, 3.8) is 0 Å². The molecule has 1 N–H and O–H groups in total. The number of Topliss-reactive ketones (excluding diaryl/α,β-unsaturated/α-hetero) is 1. The molecule has 0 spiro atoms. The van der Waals surface area contributed by atoms with E-state index < -0.39 is 5.82 Å². The Labute approximate surface area is 140 Å². The summed E-state index contributed by atoms with van der Waals surface area (Å²) in [6.07, 6.45) is 1.06. The Kier molecular flexibility index (Phi) is 6.49. The van der Waals surface area contributed by atoms with Gasteiger partial charge >= 0.3 is 0 Å². The van der Waals surface area contributed by atoms with E-state index >= 15 is 0 Å². The number of hydrogen-bond acceptors (Lipinski definition) is 3. The maximum Gasteiger partial charge on any atom is 0.224 e. The molecule has 126 valence electrons. The van der Waals surface area contributed by atoms with Gasteiger partial charge in [0.25, 0.3) is 0 Å². The molecule has 0 aliphatic rings. The van der Waals surface area contributed by atoms with Gasteiger partial charge in [-0.2, -0.15) is 0 Å². The van der Waals surface area contributed by atoms with Crippen molar-refractivity contribution in [1.29, 1.82) is 0 Å². The lowest BCUT2D eigenvalue weighted by molar-refractivity contribution is -0.116. The predicted octanol–water partition coefficient (Wildman–Crippen LogP) is 4.22. The smallest absolute Gasteiger partial charge is 0.224 e. The van der Waals surface area contributed by atoms with Gasteiger partial charge in [-0.05, 0) is 48.9 Å². The minimum absolute atomic E-state index is 0.0451. The summed E-state index contributed by atoms with van der Waals surface area (Å²) >= 11 is 0. The van der Waals surface area contributed by atoms with Gasteiger partial charge < -0.3 is 10.1 Å². The van der Waals surface area contributed by atoms with Gasteiger partial charge in [-0.25, -0.2) is 4.39 Å². The molecular formula is C19H20FNO3. The van der Waals surface area contributed by atoms with Crippen molar-refractivity contribution >= 4 is 17.4 Å². The van der Waals surface area contributed by atoms with Gasteiger partial charge in [0.05, 0.1) is 6.61 Å². The summed E-state index contributed by atoms with van der Waals surface area (Å²) in [6, 6.07) is 12.5. The molecule has 0 fully saturated rings. The number of anilines is 1. The predicted molar refractivity (Wildman–Crippen MR) is 90.8 cm³/mol. The Morgan fingerprint density at radius 2 is 1.83 bits per heavy atom. The first-order valence-corrected chi connectivity index (χ1v) is 7.90. The van der Waals surface area contributed by atoms with Gasteiger partial charge in [0, 0.05) is 24.1 Å². The molecule has 0 heterocycles. The number of benzene rings is 2. The first kappa shape index (κ1) is 17.7. The maximum absolute atomic E-state index is 13.0. The molecule has 0 radical (unpaired) electrons. The SMILES string of the molecule is CCCOc1ccc(C(=O)CCC(=O)Nc2cccc(F)c2)cc1. The standard InChI is InChI=1S/C19H20FNO3/c1-2-12-24-17-8-6-14(7-9-17)18(22)10-11-19(23)21-16-5-3-4-15(20)13-16/h3-9,13H,2,10-12H2,1H3,(H,21,23). The molecule has 0 unspecified atom stereocenters. The van der Waals surface area contributed by atoms with E-state index in [2.05, 4.69) is 5.32 Å². The van der Waals surface area contributed by atoms with Crippen molar-refractivity contribution in [2.24, 2.45) is 0 Å². The number of nitrogens with one attached hydrogen (secondary N) is 1. The minimum atomic E-state index is -0.422. The van der Waals surface area contributed by atoms with Gasteiger partial charge in [-0.3, -0.25) is 9.59 Å². The summed E-state index contributed by atoms with van der Waals surface area (Å²) < 4.78 is 18.5. The number of carbonyl (C=O) groups excluding carboxylic acids is 2. The normalized spacial score (nSPS) is 10.2. The summed E-state index contributed by atoms with van der Waals surface area (Å²) in [7, 11) is 0. The number of ketones is 1. The average molecular weight is 329 g/mol. The second kappa shape index (κ2) is 8.82. The van der Waals surface area contributed by atoms with Gasteiger partial charge in [-0.1, -0.05) is 13.0 Å². The molecule has 0 saturated carbocycles. The van der Waals surface area contributed by atoms with Crippen LogP contribution in [0.3, 0.4) is 0 Å². The highest BCUT2D eigenvalue weighted by molar-refractivity contribution is 6.00. The molecule has 24 heavy (non-hydrogen) atoms. The summed E-state index contributed by atoms with van der Waals surface area (Å²) in [5, 5.41) is 2.57. The fourth-order valence-corrected chi connectivity index (χ4v) is 2.12. The third-order valence-electron chi connectivity index (χ3n) is 3.34. The van der Waals surface area contributed by atoms with Crippen LogP contribution in [0.4, 0.5) is 10.1 Å². The highest BCUT2D eigenvalue weighted by Gasteiger charge is 2.10. The molecular weight excluding hydrogens is 309 g/mol. The van der Waals surface area contributed by atoms with Crippen LogP contribution >= 0.6 is 0 Å². The van der Waals surface area contributed by atoms with Crippen molar-refractivity contribution in [3.8, 4) is 5.75 Å². The largest absolute Gasteiger partial charge is 0.494 e. The van der Waals surface area contributed by atoms with Crippen molar-refractivity contribution in [2.45, 2.75) is 26.2 Å². The quantitative estimate of drug-likeness (QED) is 0.738. The van der Waals surface area contributed by atoms with E-state index in [4.69, 9.17) is 4.74 Å². The number of hydrogen-bond donors (Lipinski definition) is 1. The summed E-state index contributed by atoms with van der Waals surface area (Å²) in [5.41, 5.74) is 0.919. The molecule has 5 heteroatoms. The van der Waals surface area contributed by atoms with Crippen LogP contribution in [0.2, 0.25) is 0 Å². The van der Waals surface area contributed by atoms with Crippen LogP contribution in [0.5, 0.6) is 5.75 Å². The van der Waals surface area contributed by atoms with Crippen LogP contribution in [0.25, 0.3) is 0 Å². The van der Waals surface area contributed by atoms with E-state index in [-0.39, 0.29) is 24.5 Å². The molecule has 0 saturated heterocycles. The number of carbonyl (C=O) groups is 2. The Balaban J connectivity index is 1.82. The van der Waals surface area contributed by atoms with E-state index in [0.717, 1.165) is 12.2 Å². The molecule has 0 aliphatic carbocycles. The van der Waals surface area contributed by atoms with Crippen molar-refractivity contribution in [3.05, 3.63) is 59.9 Å². The Hall–Kier alpha value is -2.69. The zero-order valence-electron chi connectivity index (χ0n) is 13.5. The number of rotatable bonds is 8. The molecule has 0 bridgehead atoms. The molecule has 2 rings (SSSR count). The van der Waals surface area contributed by atoms with Gasteiger partial charge in [0.2, 0.25) is 5.91 Å². The van der Waals surface area contributed by atoms with Crippen LogP contribution < -0.4 is 10.1 Å². The van der Waals surface area contributed by atoms with E-state index in [1.165, 1.54) is 18.2 Å². The van der Waals surface area contributed by atoms with E-state index in [0.29, 0.717) is 17.9 Å². The first-order valence-electron chi connectivity index (χ1n) is 7.90. The van der Waals surface area contributed by atoms with Crippen LogP contribution in [0, 0.1) is 5.82 Å². The highest BCUT2D eigenvalue weighted by Crippen LogP contribution is 2.15. The second-order valence-corrected chi connectivity index (χ2v) is 5.35. The number of amides is 1. The zero-order valence-corrected chi connectivity index (χ0v) is 13.5. The third-order valence-corrected chi connectivity index (χ3v) is 3.34. The fourth-order valence-electron chi connectivity index (χ4n) is 2.12. The topological polar surface area (TPSA) is 55.4 Å². The lowest BCUT2D eigenvalue weighted by Crippen LogP contribution is -2.13. The number of halogens is 1. The summed E-state index contributed by atoms with van der Waals surface area (Å²) in [5.74, 6) is -0.144. The van der Waals surface area contributed by atoms with Crippen LogP contribution in [0.1, 0.15) is 36.5 Å². The molecule has 0 atom stereocenters. The molecule has 2 aromatic rings. The summed E-state index contributed by atoms with van der Waals surface area (Å²) in [6.45, 7) is 2.65. The van der Waals surface area contributed by atoms with Gasteiger partial charge in [-0.15, -0.1) is 0 Å². The highest BCUT2D eigenvalue weighted by atomic mass is 19.1. The fraction of sp³-hybridized carbons (Fsp3) is 0.263. The average Bonchev–Trinajstić information content (AvgIpc) is 2.58. The molecule has 1 amide bonds. The summed E-state index contributed by atoms with van der Waals surface area (Å²) in [4.78, 5) is 23.9. The minimum Gasteiger partial charge on any atom is -0.494 e. The van der Waals surface area contributed by atoms with Crippen molar-refractivity contribution in [1.82, 2.24) is 0 Å². The van der Waals surface area contributed by atoms with E-state index in [9.17, 15) is 14.0 Å². The van der Waals surface area contributed by atoms with Gasteiger partial charge in [0.15, 0.2) is 5.78 Å². The van der Waals surface area contributed by atoms with Crippen molar-refractivity contribution in [2.75, 3.05) is 11.9 Å². The Bertz CT molecular complexity index is 698. The zero-order chi connectivity index (χ0) is 17.4. The molecule has 4 nitrogen and oxygen atoms in total. The first-order chi connectivity index (χ1) is 11.6. The maximum atomic E-state index is 13.0. The third kappa shape index (κ3) is 5.50. The van der Waals surface area contributed by atoms with Crippen LogP contribution in [-0.2, 0) is 4.79 Å². The Morgan fingerprint density at radius 1 is 1.08 bits per heavy atom. The lowest BCUT2D eigenvalue weighted by atomic mass is 10.1. The second-order valence-electron chi connectivity index (χ2n) is 5.35. The molecule has 0 aromatic heterocycles. The monoisotopic (exact) mass is 329 g/mol. The van der Waals surface area contributed by atoms with E-state index in [1.54, 1.807) is 30.3 Å². The molecule has 0 aliphatic heterocycles. The van der Waals surface area contributed by atoms with Gasteiger partial charge in [0.1, 0.15) is 11.6 Å². The van der Waals surface area contributed by atoms with Crippen LogP contribution in [0.15, 0.2) is 48.5 Å². The lowest BCUT2D eigenvalue weighted by Gasteiger charge is -2.06.